The predicted octanol–water partition coefficient (Wildman–Crippen LogP) is 2.53. The number of aliphatic hydroxyl groups excluding tert-OH is 1. The van der Waals surface area contributed by atoms with Gasteiger partial charge in [0.1, 0.15) is 24.4 Å². The number of ether oxygens (including phenoxy) is 3. The number of fused-ring (bicyclic) bond motifs is 2. The molecule has 0 radical (unpaired) electrons. The molecule has 4 aliphatic rings. The van der Waals surface area contributed by atoms with Gasteiger partial charge in [0.05, 0.1) is 12.2 Å². The number of nitrogens with zero attached hydrogens (tertiary/aromatic N) is 1. The lowest BCUT2D eigenvalue weighted by molar-refractivity contribution is -0.172. The van der Waals surface area contributed by atoms with E-state index in [-0.39, 0.29) is 31.4 Å². The maximum Gasteiger partial charge on any atom is 0.339 e. The number of rotatable bonds is 6. The molecule has 40 heavy (non-hydrogen) atoms. The van der Waals surface area contributed by atoms with Gasteiger partial charge in [-0.05, 0) is 64.8 Å². The molecule has 2 aromatic carbocycles. The Labute approximate surface area is 246 Å². The van der Waals surface area contributed by atoms with Gasteiger partial charge in [-0.1, -0.05) is 36.4 Å². The van der Waals surface area contributed by atoms with Crippen LogP contribution in [0, 0.1) is 3.57 Å². The molecule has 1 spiro atoms. The minimum absolute atomic E-state index is 0.135. The van der Waals surface area contributed by atoms with Crippen LogP contribution < -0.4 is 5.32 Å². The number of likely N-dealkylation sites (tertiary alicyclic amines) is 1. The van der Waals surface area contributed by atoms with Gasteiger partial charge in [-0.2, -0.15) is 0 Å². The molecule has 9 nitrogen and oxygen atoms in total. The Morgan fingerprint density at radius 3 is 2.52 bits per heavy atom. The van der Waals surface area contributed by atoms with Crippen molar-refractivity contribution in [3.05, 3.63) is 80.4 Å². The van der Waals surface area contributed by atoms with Gasteiger partial charge in [0.2, 0.25) is 11.8 Å². The molecule has 2 N–H and O–H groups in total. The van der Waals surface area contributed by atoms with E-state index < -0.39 is 36.1 Å². The molecule has 0 bridgehead atoms. The van der Waals surface area contributed by atoms with E-state index in [1.807, 2.05) is 24.3 Å². The van der Waals surface area contributed by atoms with Gasteiger partial charge in [0.25, 0.3) is 0 Å². The van der Waals surface area contributed by atoms with Gasteiger partial charge >= 0.3 is 5.97 Å². The van der Waals surface area contributed by atoms with E-state index in [1.54, 1.807) is 23.1 Å². The van der Waals surface area contributed by atoms with Crippen LogP contribution in [0.2, 0.25) is 0 Å². The number of carbonyl (C=O) groups excluding carboxylic acids is 3. The molecular weight excluding hydrogens is 627 g/mol. The Morgan fingerprint density at radius 2 is 1.80 bits per heavy atom. The third kappa shape index (κ3) is 5.17. The van der Waals surface area contributed by atoms with Gasteiger partial charge in [-0.25, -0.2) is 4.79 Å². The first-order chi connectivity index (χ1) is 19.4. The first-order valence-electron chi connectivity index (χ1n) is 13.7. The molecule has 2 fully saturated rings. The maximum absolute atomic E-state index is 13.8. The fourth-order valence-corrected chi connectivity index (χ4v) is 6.85. The van der Waals surface area contributed by atoms with Gasteiger partial charge in [0, 0.05) is 41.5 Å². The second kappa shape index (κ2) is 11.2. The average molecular weight is 658 g/mol. The summed E-state index contributed by atoms with van der Waals surface area (Å²) in [5.41, 5.74) is 3.20. The van der Waals surface area contributed by atoms with Crippen LogP contribution in [0.3, 0.4) is 0 Å². The molecule has 0 aromatic heterocycles. The lowest BCUT2D eigenvalue weighted by Crippen LogP contribution is -2.49. The van der Waals surface area contributed by atoms with Crippen molar-refractivity contribution >= 4 is 40.4 Å². The summed E-state index contributed by atoms with van der Waals surface area (Å²) in [4.78, 5) is 41.4. The van der Waals surface area contributed by atoms with E-state index >= 15 is 0 Å². The summed E-state index contributed by atoms with van der Waals surface area (Å²) in [6.07, 6.45) is 2.45. The number of nitrogens with one attached hydrogen (secondary N) is 1. The minimum atomic E-state index is -0.889. The van der Waals surface area contributed by atoms with Crippen molar-refractivity contribution in [2.75, 3.05) is 19.7 Å². The number of amides is 2. The zero-order valence-electron chi connectivity index (χ0n) is 21.9. The summed E-state index contributed by atoms with van der Waals surface area (Å²) < 4.78 is 19.9. The topological polar surface area (TPSA) is 114 Å². The second-order valence-electron chi connectivity index (χ2n) is 10.7. The van der Waals surface area contributed by atoms with Gasteiger partial charge < -0.3 is 29.5 Å². The number of hydrogen-bond acceptors (Lipinski definition) is 7. The highest BCUT2D eigenvalue weighted by Gasteiger charge is 2.55. The standard InChI is InChI=1S/C30H31IN2O7/c31-22-9-4-3-8-21(22)29(37)38-24-14-20(28(36)33-12-5-10-23(33)27(35)32-11-13-34)15-25-26(24)40-30(39-25)16-18-6-1-2-7-19(18)17-30/h1-4,6-9,15,23-26,34H,5,10-14,16-17H2,(H,32,35)/t23-,24-,25-,26+/m1/s1. The predicted molar refractivity (Wildman–Crippen MR) is 152 cm³/mol. The van der Waals surface area contributed by atoms with Crippen molar-refractivity contribution in [2.45, 2.75) is 62.2 Å². The van der Waals surface area contributed by atoms with Crippen LogP contribution in [0.25, 0.3) is 0 Å². The number of aliphatic hydroxyl groups is 1. The third-order valence-electron chi connectivity index (χ3n) is 8.07. The van der Waals surface area contributed by atoms with Gasteiger partial charge in [0.15, 0.2) is 5.79 Å². The normalized spacial score (nSPS) is 26.2. The van der Waals surface area contributed by atoms with E-state index in [0.717, 1.165) is 14.7 Å². The SMILES string of the molecule is O=C(O[C@@H]1CC(C(=O)N2CCC[C@@H]2C(=O)NCCO)=C[C@H]2OC3(Cc4ccccc4C3)O[C@H]21)c1ccccc1I. The number of halogens is 1. The molecule has 2 aliphatic carbocycles. The van der Waals surface area contributed by atoms with E-state index in [2.05, 4.69) is 40.0 Å². The number of benzene rings is 2. The Balaban J connectivity index is 1.27. The first kappa shape index (κ1) is 27.4. The lowest BCUT2D eigenvalue weighted by atomic mass is 9.91. The van der Waals surface area contributed by atoms with Crippen molar-refractivity contribution < 1.29 is 33.7 Å². The molecule has 2 amide bonds. The van der Waals surface area contributed by atoms with E-state index in [4.69, 9.17) is 19.3 Å². The Kier molecular flexibility index (Phi) is 7.68. The molecule has 10 heteroatoms. The monoisotopic (exact) mass is 658 g/mol. The largest absolute Gasteiger partial charge is 0.455 e. The lowest BCUT2D eigenvalue weighted by Gasteiger charge is -2.32. The molecule has 0 saturated carbocycles. The molecule has 2 aliphatic heterocycles. The smallest absolute Gasteiger partial charge is 0.339 e. The highest BCUT2D eigenvalue weighted by molar-refractivity contribution is 14.1. The second-order valence-corrected chi connectivity index (χ2v) is 11.9. The highest BCUT2D eigenvalue weighted by Crippen LogP contribution is 2.45. The van der Waals surface area contributed by atoms with Crippen molar-refractivity contribution in [1.29, 1.82) is 0 Å². The zero-order valence-corrected chi connectivity index (χ0v) is 24.0. The zero-order chi connectivity index (χ0) is 27.9. The Morgan fingerprint density at radius 1 is 1.07 bits per heavy atom. The summed E-state index contributed by atoms with van der Waals surface area (Å²) in [5, 5.41) is 11.8. The van der Waals surface area contributed by atoms with Crippen molar-refractivity contribution in [3.8, 4) is 0 Å². The maximum atomic E-state index is 13.8. The third-order valence-corrected chi connectivity index (χ3v) is 9.01. The summed E-state index contributed by atoms with van der Waals surface area (Å²) in [6.45, 7) is 0.414. The summed E-state index contributed by atoms with van der Waals surface area (Å²) >= 11 is 2.10. The molecule has 2 heterocycles. The van der Waals surface area contributed by atoms with Crippen LogP contribution in [-0.4, -0.2) is 77.6 Å². The van der Waals surface area contributed by atoms with Crippen LogP contribution >= 0.6 is 22.6 Å². The quantitative estimate of drug-likeness (QED) is 0.363. The first-order valence-corrected chi connectivity index (χ1v) is 14.7. The average Bonchev–Trinajstić information content (AvgIpc) is 3.67. The fraction of sp³-hybridized carbons (Fsp3) is 0.433. The van der Waals surface area contributed by atoms with Crippen molar-refractivity contribution in [2.24, 2.45) is 0 Å². The molecule has 4 atom stereocenters. The Bertz CT molecular complexity index is 1340. The van der Waals surface area contributed by atoms with Crippen LogP contribution in [0.4, 0.5) is 0 Å². The fourth-order valence-electron chi connectivity index (χ4n) is 6.24. The van der Waals surface area contributed by atoms with Crippen LogP contribution in [0.5, 0.6) is 0 Å². The van der Waals surface area contributed by atoms with Crippen molar-refractivity contribution in [3.63, 3.8) is 0 Å². The molecule has 210 valence electrons. The van der Waals surface area contributed by atoms with Crippen LogP contribution in [0.15, 0.2) is 60.2 Å². The molecule has 2 saturated heterocycles. The van der Waals surface area contributed by atoms with Crippen LogP contribution in [0.1, 0.15) is 40.7 Å². The van der Waals surface area contributed by atoms with Crippen molar-refractivity contribution in [1.82, 2.24) is 10.2 Å². The highest BCUT2D eigenvalue weighted by atomic mass is 127. The Hall–Kier alpha value is -2.80. The minimum Gasteiger partial charge on any atom is -0.455 e. The van der Waals surface area contributed by atoms with Gasteiger partial charge in [-0.15, -0.1) is 0 Å². The van der Waals surface area contributed by atoms with E-state index in [1.165, 1.54) is 0 Å². The molecule has 0 unspecified atom stereocenters. The van der Waals surface area contributed by atoms with Crippen LogP contribution in [-0.2, 0) is 36.6 Å². The number of hydrogen-bond donors (Lipinski definition) is 2. The van der Waals surface area contributed by atoms with Gasteiger partial charge in [-0.3, -0.25) is 9.59 Å². The summed E-state index contributed by atoms with van der Waals surface area (Å²) in [6, 6.07) is 14.7. The number of esters is 1. The van der Waals surface area contributed by atoms with E-state index in [0.29, 0.717) is 43.4 Å². The number of carbonyl (C=O) groups is 3. The van der Waals surface area contributed by atoms with E-state index in [9.17, 15) is 14.4 Å². The molecule has 2 aromatic rings. The molecule has 6 rings (SSSR count). The summed E-state index contributed by atoms with van der Waals surface area (Å²) in [7, 11) is 0. The summed E-state index contributed by atoms with van der Waals surface area (Å²) in [5.74, 6) is -1.92. The molecular formula is C30H31IN2O7.